The lowest BCUT2D eigenvalue weighted by Gasteiger charge is -2.08. The molecule has 0 radical (unpaired) electrons. The summed E-state index contributed by atoms with van der Waals surface area (Å²) in [5.41, 5.74) is 2.66. The second-order valence-corrected chi connectivity index (χ2v) is 4.69. The van der Waals surface area contributed by atoms with Gasteiger partial charge in [0.05, 0.1) is 6.61 Å². The molecule has 0 aliphatic rings. The van der Waals surface area contributed by atoms with Crippen LogP contribution in [0.3, 0.4) is 0 Å². The molecule has 1 amide bonds. The van der Waals surface area contributed by atoms with E-state index in [0.717, 1.165) is 12.0 Å². The summed E-state index contributed by atoms with van der Waals surface area (Å²) in [5.74, 6) is 0.480. The summed E-state index contributed by atoms with van der Waals surface area (Å²) in [6.07, 6.45) is 0.931. The molecular formula is C17H19NO3. The first-order valence-electron chi connectivity index (χ1n) is 6.92. The summed E-state index contributed by atoms with van der Waals surface area (Å²) in [6, 6.07) is 14.7. The number of anilines is 1. The summed E-state index contributed by atoms with van der Waals surface area (Å²) >= 11 is 0. The third-order valence-corrected chi connectivity index (χ3v) is 3.10. The molecule has 2 aromatic rings. The highest BCUT2D eigenvalue weighted by Crippen LogP contribution is 2.14. The molecule has 2 rings (SSSR count). The molecule has 0 saturated heterocycles. The quantitative estimate of drug-likeness (QED) is 0.858. The number of ether oxygens (including phenoxy) is 1. The molecule has 0 aliphatic heterocycles. The van der Waals surface area contributed by atoms with Crippen molar-refractivity contribution in [1.82, 2.24) is 0 Å². The van der Waals surface area contributed by atoms with Crippen LogP contribution in [-0.2, 0) is 17.8 Å². The van der Waals surface area contributed by atoms with Crippen LogP contribution in [0, 0.1) is 0 Å². The van der Waals surface area contributed by atoms with Crippen LogP contribution >= 0.6 is 0 Å². The van der Waals surface area contributed by atoms with Crippen LogP contribution in [0.1, 0.15) is 18.1 Å². The molecule has 2 aromatic carbocycles. The minimum Gasteiger partial charge on any atom is -0.484 e. The first-order valence-corrected chi connectivity index (χ1v) is 6.92. The van der Waals surface area contributed by atoms with Gasteiger partial charge in [0.2, 0.25) is 0 Å². The van der Waals surface area contributed by atoms with E-state index in [4.69, 9.17) is 9.84 Å². The Labute approximate surface area is 124 Å². The average Bonchev–Trinajstić information content (AvgIpc) is 2.54. The van der Waals surface area contributed by atoms with Gasteiger partial charge in [-0.25, -0.2) is 0 Å². The van der Waals surface area contributed by atoms with Gasteiger partial charge in [-0.15, -0.1) is 0 Å². The lowest BCUT2D eigenvalue weighted by Crippen LogP contribution is -2.20. The molecule has 0 spiro atoms. The van der Waals surface area contributed by atoms with Crippen molar-refractivity contribution in [3.63, 3.8) is 0 Å². The number of nitrogens with one attached hydrogen (secondary N) is 1. The number of aliphatic hydroxyl groups excluding tert-OH is 1. The summed E-state index contributed by atoms with van der Waals surface area (Å²) < 4.78 is 5.48. The van der Waals surface area contributed by atoms with E-state index in [-0.39, 0.29) is 19.1 Å². The van der Waals surface area contributed by atoms with E-state index >= 15 is 0 Å². The Kier molecular flexibility index (Phi) is 5.35. The molecule has 4 nitrogen and oxygen atoms in total. The third kappa shape index (κ3) is 4.61. The Morgan fingerprint density at radius 2 is 1.90 bits per heavy atom. The van der Waals surface area contributed by atoms with Crippen LogP contribution in [-0.4, -0.2) is 17.6 Å². The van der Waals surface area contributed by atoms with Crippen molar-refractivity contribution in [3.8, 4) is 5.75 Å². The van der Waals surface area contributed by atoms with E-state index in [9.17, 15) is 4.79 Å². The van der Waals surface area contributed by atoms with E-state index in [1.807, 2.05) is 24.3 Å². The van der Waals surface area contributed by atoms with Crippen molar-refractivity contribution in [2.75, 3.05) is 11.9 Å². The first kappa shape index (κ1) is 15.1. The average molecular weight is 285 g/mol. The molecule has 0 fully saturated rings. The molecule has 0 aliphatic carbocycles. The van der Waals surface area contributed by atoms with Crippen molar-refractivity contribution in [3.05, 3.63) is 59.7 Å². The lowest BCUT2D eigenvalue weighted by molar-refractivity contribution is -0.118. The molecule has 0 heterocycles. The van der Waals surface area contributed by atoms with Gasteiger partial charge in [0.25, 0.3) is 5.91 Å². The molecule has 0 atom stereocenters. The maximum Gasteiger partial charge on any atom is 0.262 e. The number of hydrogen-bond donors (Lipinski definition) is 2. The highest BCUT2D eigenvalue weighted by atomic mass is 16.5. The van der Waals surface area contributed by atoms with Crippen molar-refractivity contribution in [1.29, 1.82) is 0 Å². The molecule has 21 heavy (non-hydrogen) atoms. The van der Waals surface area contributed by atoms with E-state index in [0.29, 0.717) is 11.4 Å². The van der Waals surface area contributed by atoms with Gasteiger partial charge in [-0.05, 0) is 41.8 Å². The number of hydrogen-bond acceptors (Lipinski definition) is 3. The minimum absolute atomic E-state index is 0.00882. The maximum absolute atomic E-state index is 11.8. The smallest absolute Gasteiger partial charge is 0.262 e. The largest absolute Gasteiger partial charge is 0.484 e. The van der Waals surface area contributed by atoms with E-state index in [2.05, 4.69) is 12.2 Å². The summed E-state index contributed by atoms with van der Waals surface area (Å²) in [5, 5.41) is 11.7. The lowest BCUT2D eigenvalue weighted by atomic mass is 10.2. The predicted molar refractivity (Wildman–Crippen MR) is 82.3 cm³/mol. The molecule has 0 saturated carbocycles. The van der Waals surface area contributed by atoms with Crippen molar-refractivity contribution in [2.45, 2.75) is 20.0 Å². The summed E-state index contributed by atoms with van der Waals surface area (Å²) in [7, 11) is 0. The highest BCUT2D eigenvalue weighted by molar-refractivity contribution is 5.91. The maximum atomic E-state index is 11.8. The van der Waals surface area contributed by atoms with Gasteiger partial charge in [-0.2, -0.15) is 0 Å². The van der Waals surface area contributed by atoms with E-state index in [1.54, 1.807) is 24.3 Å². The number of carbonyl (C=O) groups excluding carboxylic acids is 1. The Bertz CT molecular complexity index is 593. The number of amides is 1. The summed E-state index contributed by atoms with van der Waals surface area (Å²) in [4.78, 5) is 11.8. The molecule has 4 heteroatoms. The number of benzene rings is 2. The van der Waals surface area contributed by atoms with Crippen LogP contribution in [0.4, 0.5) is 5.69 Å². The molecular weight excluding hydrogens is 266 g/mol. The van der Waals surface area contributed by atoms with Gasteiger partial charge >= 0.3 is 0 Å². The normalized spacial score (nSPS) is 10.2. The monoisotopic (exact) mass is 285 g/mol. The van der Waals surface area contributed by atoms with Gasteiger partial charge in [-0.1, -0.05) is 31.2 Å². The zero-order chi connectivity index (χ0) is 15.1. The van der Waals surface area contributed by atoms with Crippen LogP contribution in [0.15, 0.2) is 48.5 Å². The molecule has 0 bridgehead atoms. The number of aliphatic hydroxyl groups is 1. The van der Waals surface area contributed by atoms with Gasteiger partial charge in [0, 0.05) is 5.69 Å². The van der Waals surface area contributed by atoms with Gasteiger partial charge in [-0.3, -0.25) is 4.79 Å². The number of carbonyl (C=O) groups is 1. The second kappa shape index (κ2) is 7.45. The van der Waals surface area contributed by atoms with E-state index < -0.39 is 0 Å². The molecule has 0 unspecified atom stereocenters. The highest BCUT2D eigenvalue weighted by Gasteiger charge is 2.04. The Balaban J connectivity index is 1.86. The topological polar surface area (TPSA) is 58.6 Å². The molecule has 110 valence electrons. The van der Waals surface area contributed by atoms with Gasteiger partial charge in [0.15, 0.2) is 6.61 Å². The second-order valence-electron chi connectivity index (χ2n) is 4.69. The van der Waals surface area contributed by atoms with Crippen LogP contribution in [0.25, 0.3) is 0 Å². The first-order chi connectivity index (χ1) is 10.2. The predicted octanol–water partition coefficient (Wildman–Crippen LogP) is 2.76. The number of aryl methyl sites for hydroxylation is 1. The SMILES string of the molecule is CCc1cccc(OCC(=O)Nc2ccc(CO)cc2)c1. The van der Waals surface area contributed by atoms with Crippen LogP contribution in [0.5, 0.6) is 5.75 Å². The standard InChI is InChI=1S/C17H19NO3/c1-2-13-4-3-5-16(10-13)21-12-17(20)18-15-8-6-14(11-19)7-9-15/h3-10,19H,2,11-12H2,1H3,(H,18,20). The fourth-order valence-electron chi connectivity index (χ4n) is 1.89. The zero-order valence-electron chi connectivity index (χ0n) is 12.0. The Hall–Kier alpha value is -2.33. The number of rotatable bonds is 6. The fraction of sp³-hybridized carbons (Fsp3) is 0.235. The van der Waals surface area contributed by atoms with Gasteiger partial charge in [0.1, 0.15) is 5.75 Å². The van der Waals surface area contributed by atoms with Crippen LogP contribution in [0.2, 0.25) is 0 Å². The van der Waals surface area contributed by atoms with Gasteiger partial charge < -0.3 is 15.2 Å². The van der Waals surface area contributed by atoms with Crippen molar-refractivity contribution >= 4 is 11.6 Å². The Morgan fingerprint density at radius 1 is 1.14 bits per heavy atom. The van der Waals surface area contributed by atoms with Crippen LogP contribution < -0.4 is 10.1 Å². The fourth-order valence-corrected chi connectivity index (χ4v) is 1.89. The minimum atomic E-state index is -0.214. The third-order valence-electron chi connectivity index (χ3n) is 3.10. The van der Waals surface area contributed by atoms with E-state index in [1.165, 1.54) is 5.56 Å². The Morgan fingerprint density at radius 3 is 2.57 bits per heavy atom. The zero-order valence-corrected chi connectivity index (χ0v) is 12.0. The van der Waals surface area contributed by atoms with Crippen molar-refractivity contribution in [2.24, 2.45) is 0 Å². The summed E-state index contributed by atoms with van der Waals surface area (Å²) in [6.45, 7) is 2.03. The molecule has 2 N–H and O–H groups in total. The molecule has 0 aromatic heterocycles. The van der Waals surface area contributed by atoms with Crippen molar-refractivity contribution < 1.29 is 14.6 Å².